The molecule has 1 aromatic heterocycles. The van der Waals surface area contributed by atoms with Gasteiger partial charge in [-0.25, -0.2) is 8.78 Å². The molecule has 0 spiro atoms. The van der Waals surface area contributed by atoms with Crippen LogP contribution in [-0.2, 0) is 23.1 Å². The molecule has 9 heteroatoms. The van der Waals surface area contributed by atoms with E-state index in [1.807, 2.05) is 29.3 Å². The number of aromatic nitrogens is 1. The van der Waals surface area contributed by atoms with Gasteiger partial charge < -0.3 is 14.7 Å². The fourth-order valence-electron chi connectivity index (χ4n) is 7.15. The molecule has 7 nitrogen and oxygen atoms in total. The third-order valence-corrected chi connectivity index (χ3v) is 8.76. The first-order valence-electron chi connectivity index (χ1n) is 13.1. The Morgan fingerprint density at radius 3 is 2.68 bits per heavy atom. The number of hydrogen-bond acceptors (Lipinski definition) is 5. The Balaban J connectivity index is 1.47. The molecule has 1 N–H and O–H groups in total. The second kappa shape index (κ2) is 8.39. The molecule has 3 heterocycles. The van der Waals surface area contributed by atoms with Gasteiger partial charge in [0, 0.05) is 31.3 Å². The molecule has 4 aliphatic rings. The normalized spacial score (nSPS) is 25.7. The summed E-state index contributed by atoms with van der Waals surface area (Å²) in [5.74, 6) is -2.98. The van der Waals surface area contributed by atoms with E-state index >= 15 is 4.39 Å². The average Bonchev–Trinajstić information content (AvgIpc) is 3.42. The summed E-state index contributed by atoms with van der Waals surface area (Å²) in [6.45, 7) is 1.04. The highest BCUT2D eigenvalue weighted by atomic mass is 19.2. The van der Waals surface area contributed by atoms with Gasteiger partial charge in [0.2, 0.25) is 5.43 Å². The maximum atomic E-state index is 15.2. The van der Waals surface area contributed by atoms with Crippen molar-refractivity contribution in [2.45, 2.75) is 43.7 Å². The van der Waals surface area contributed by atoms with Crippen LogP contribution < -0.4 is 10.4 Å². The molecule has 3 atom stereocenters. The van der Waals surface area contributed by atoms with Crippen LogP contribution in [0.15, 0.2) is 53.5 Å². The van der Waals surface area contributed by atoms with Crippen molar-refractivity contribution < 1.29 is 23.4 Å². The molecule has 3 aromatic rings. The molecule has 0 bridgehead atoms. The third kappa shape index (κ3) is 3.08. The van der Waals surface area contributed by atoms with Crippen molar-refractivity contribution in [3.05, 3.63) is 98.5 Å². The largest absolute Gasteiger partial charge is 0.502 e. The highest BCUT2D eigenvalue weighted by Gasteiger charge is 2.59. The van der Waals surface area contributed by atoms with Crippen LogP contribution in [-0.4, -0.2) is 46.5 Å². The minimum Gasteiger partial charge on any atom is -0.502 e. The Labute approximate surface area is 217 Å². The highest BCUT2D eigenvalue weighted by molar-refractivity contribution is 5.96. The van der Waals surface area contributed by atoms with Gasteiger partial charge in [-0.2, -0.15) is 0 Å². The molecule has 1 fully saturated rings. The summed E-state index contributed by atoms with van der Waals surface area (Å²) in [6, 6.07) is 12.0. The Morgan fingerprint density at radius 2 is 1.87 bits per heavy atom. The molecule has 1 saturated heterocycles. The summed E-state index contributed by atoms with van der Waals surface area (Å²) >= 11 is 0. The Hall–Kier alpha value is -3.72. The zero-order valence-corrected chi connectivity index (χ0v) is 20.7. The van der Waals surface area contributed by atoms with Gasteiger partial charge in [0.1, 0.15) is 12.2 Å². The predicted octanol–water partition coefficient (Wildman–Crippen LogP) is 3.42. The number of hydrogen-bond donors (Lipinski definition) is 1. The molecule has 0 saturated carbocycles. The predicted molar refractivity (Wildman–Crippen MR) is 135 cm³/mol. The molecule has 38 heavy (non-hydrogen) atoms. The quantitative estimate of drug-likeness (QED) is 0.574. The SMILES string of the molecule is O=C1c2c(O)c(=O)ccn2N(C23c4ccccc4CC2Cc2c3ccc(F)c2F)CN1CC1CCCCO1. The maximum absolute atomic E-state index is 15.2. The van der Waals surface area contributed by atoms with Crippen molar-refractivity contribution in [1.82, 2.24) is 9.58 Å². The van der Waals surface area contributed by atoms with E-state index in [2.05, 4.69) is 0 Å². The zero-order valence-electron chi connectivity index (χ0n) is 20.7. The number of amides is 1. The van der Waals surface area contributed by atoms with E-state index in [1.54, 1.807) is 15.6 Å². The van der Waals surface area contributed by atoms with Crippen molar-refractivity contribution in [1.29, 1.82) is 0 Å². The lowest BCUT2D eigenvalue weighted by Crippen LogP contribution is -2.64. The summed E-state index contributed by atoms with van der Waals surface area (Å²) in [4.78, 5) is 27.8. The van der Waals surface area contributed by atoms with E-state index in [0.717, 1.165) is 36.5 Å². The highest BCUT2D eigenvalue weighted by Crippen LogP contribution is 2.57. The number of carbonyl (C=O) groups is 1. The maximum Gasteiger partial charge on any atom is 0.277 e. The molecule has 196 valence electrons. The van der Waals surface area contributed by atoms with Crippen molar-refractivity contribution in [2.24, 2.45) is 5.92 Å². The number of pyridine rings is 1. The number of carbonyl (C=O) groups excluding carboxylic acids is 1. The minimum absolute atomic E-state index is 0.122. The van der Waals surface area contributed by atoms with Gasteiger partial charge >= 0.3 is 0 Å². The smallest absolute Gasteiger partial charge is 0.277 e. The topological polar surface area (TPSA) is 75.0 Å². The number of fused-ring (bicyclic) bond motifs is 6. The van der Waals surface area contributed by atoms with Crippen LogP contribution in [0.25, 0.3) is 0 Å². The summed E-state index contributed by atoms with van der Waals surface area (Å²) < 4.78 is 37.1. The first kappa shape index (κ1) is 23.4. The average molecular weight is 520 g/mol. The minimum atomic E-state index is -0.941. The van der Waals surface area contributed by atoms with Crippen LogP contribution >= 0.6 is 0 Å². The Morgan fingerprint density at radius 1 is 1.03 bits per heavy atom. The lowest BCUT2D eigenvalue weighted by atomic mass is 9.81. The van der Waals surface area contributed by atoms with Crippen LogP contribution in [0.5, 0.6) is 5.75 Å². The van der Waals surface area contributed by atoms with Gasteiger partial charge in [-0.1, -0.05) is 30.3 Å². The molecular formula is C29H27F2N3O4. The number of aromatic hydroxyl groups is 1. The van der Waals surface area contributed by atoms with Gasteiger partial charge in [0.25, 0.3) is 5.91 Å². The number of rotatable bonds is 3. The second-order valence-electron chi connectivity index (χ2n) is 10.7. The van der Waals surface area contributed by atoms with E-state index in [0.29, 0.717) is 37.1 Å². The van der Waals surface area contributed by atoms with E-state index in [1.165, 1.54) is 12.3 Å². The van der Waals surface area contributed by atoms with Crippen LogP contribution in [0.1, 0.15) is 52.0 Å². The Kier molecular flexibility index (Phi) is 5.17. The summed E-state index contributed by atoms with van der Waals surface area (Å²) in [7, 11) is 0. The molecule has 2 aromatic carbocycles. The van der Waals surface area contributed by atoms with Crippen molar-refractivity contribution >= 4 is 5.91 Å². The van der Waals surface area contributed by atoms with Crippen molar-refractivity contribution in [3.8, 4) is 5.75 Å². The lowest BCUT2D eigenvalue weighted by Gasteiger charge is -2.51. The second-order valence-corrected chi connectivity index (χ2v) is 10.7. The molecule has 0 radical (unpaired) electrons. The number of ether oxygens (including phenoxy) is 1. The summed E-state index contributed by atoms with van der Waals surface area (Å²) in [5, 5.41) is 12.8. The first-order chi connectivity index (χ1) is 18.4. The number of halogens is 2. The van der Waals surface area contributed by atoms with Gasteiger partial charge in [-0.3, -0.25) is 19.3 Å². The lowest BCUT2D eigenvalue weighted by molar-refractivity contribution is -0.00833. The van der Waals surface area contributed by atoms with Crippen LogP contribution in [0.2, 0.25) is 0 Å². The molecule has 3 unspecified atom stereocenters. The molecule has 2 aliphatic heterocycles. The van der Waals surface area contributed by atoms with Crippen LogP contribution in [0.3, 0.4) is 0 Å². The summed E-state index contributed by atoms with van der Waals surface area (Å²) in [5.41, 5.74) is 1.28. The van der Waals surface area contributed by atoms with Crippen LogP contribution in [0, 0.1) is 17.6 Å². The fraction of sp³-hybridized carbons (Fsp3) is 0.379. The number of nitrogens with zero attached hydrogens (tertiary/aromatic N) is 3. The van der Waals surface area contributed by atoms with E-state index < -0.39 is 34.3 Å². The van der Waals surface area contributed by atoms with Gasteiger partial charge in [0.05, 0.1) is 6.10 Å². The Bertz CT molecular complexity index is 1530. The van der Waals surface area contributed by atoms with Gasteiger partial charge in [0.15, 0.2) is 23.1 Å². The van der Waals surface area contributed by atoms with E-state index in [9.17, 15) is 19.1 Å². The van der Waals surface area contributed by atoms with E-state index in [-0.39, 0.29) is 24.4 Å². The van der Waals surface area contributed by atoms with Gasteiger partial charge in [-0.15, -0.1) is 0 Å². The first-order valence-corrected chi connectivity index (χ1v) is 13.1. The standard InChI is InChI=1S/C29H27F2N3O4/c30-23-9-8-22-20(25(23)31)14-18-13-17-5-1-2-7-21(17)29(18,22)34-16-32(15-19-6-3-4-12-38-19)28(37)26-27(36)24(35)10-11-33(26)34/h1-2,5,7-11,18-19,36H,3-4,6,12-16H2. The van der Waals surface area contributed by atoms with Gasteiger partial charge in [-0.05, 0) is 60.4 Å². The zero-order chi connectivity index (χ0) is 26.2. The monoisotopic (exact) mass is 519 g/mol. The molecule has 7 rings (SSSR count). The fourth-order valence-corrected chi connectivity index (χ4v) is 7.15. The number of benzene rings is 2. The molecule has 2 aliphatic carbocycles. The molecular weight excluding hydrogens is 492 g/mol. The van der Waals surface area contributed by atoms with Crippen molar-refractivity contribution in [3.63, 3.8) is 0 Å². The summed E-state index contributed by atoms with van der Waals surface area (Å²) in [6.07, 6.45) is 5.07. The van der Waals surface area contributed by atoms with Crippen molar-refractivity contribution in [2.75, 3.05) is 24.8 Å². The van der Waals surface area contributed by atoms with E-state index in [4.69, 9.17) is 4.74 Å². The third-order valence-electron chi connectivity index (χ3n) is 8.76. The molecule has 1 amide bonds. The van der Waals surface area contributed by atoms with Crippen LogP contribution in [0.4, 0.5) is 8.78 Å².